The Morgan fingerprint density at radius 1 is 1.24 bits per heavy atom. The summed E-state index contributed by atoms with van der Waals surface area (Å²) in [7, 11) is 0. The molecule has 2 aliphatic rings. The first-order valence-corrected chi connectivity index (χ1v) is 7.55. The predicted molar refractivity (Wildman–Crippen MR) is 87.6 cm³/mol. The summed E-state index contributed by atoms with van der Waals surface area (Å²) >= 11 is 0. The van der Waals surface area contributed by atoms with Gasteiger partial charge in [-0.2, -0.15) is 0 Å². The normalized spacial score (nSPS) is 28.5. The molecule has 0 spiro atoms. The highest BCUT2D eigenvalue weighted by molar-refractivity contribution is 5.92. The quantitative estimate of drug-likeness (QED) is 0.899. The third-order valence-corrected chi connectivity index (χ3v) is 4.65. The third-order valence-electron chi connectivity index (χ3n) is 4.65. The van der Waals surface area contributed by atoms with Crippen LogP contribution in [0.3, 0.4) is 0 Å². The van der Waals surface area contributed by atoms with E-state index in [1.54, 1.807) is 0 Å². The molecule has 5 heteroatoms. The van der Waals surface area contributed by atoms with Crippen molar-refractivity contribution >= 4 is 24.0 Å². The van der Waals surface area contributed by atoms with Crippen molar-refractivity contribution < 1.29 is 4.79 Å². The maximum Gasteiger partial charge on any atom is 0.238 e. The van der Waals surface area contributed by atoms with Gasteiger partial charge >= 0.3 is 0 Å². The molecular formula is C16H24ClN3O. The summed E-state index contributed by atoms with van der Waals surface area (Å²) in [6, 6.07) is 9.96. The number of para-hydroxylation sites is 1. The molecule has 1 amide bonds. The van der Waals surface area contributed by atoms with E-state index in [2.05, 4.69) is 10.2 Å². The molecule has 0 radical (unpaired) electrons. The van der Waals surface area contributed by atoms with Crippen LogP contribution in [-0.4, -0.2) is 36.5 Å². The zero-order valence-electron chi connectivity index (χ0n) is 12.2. The number of benzene rings is 1. The Morgan fingerprint density at radius 3 is 2.71 bits per heavy atom. The summed E-state index contributed by atoms with van der Waals surface area (Å²) in [5.41, 5.74) is 7.08. The predicted octanol–water partition coefficient (Wildman–Crippen LogP) is 2.11. The van der Waals surface area contributed by atoms with Gasteiger partial charge in [-0.05, 0) is 36.8 Å². The van der Waals surface area contributed by atoms with Gasteiger partial charge in [0, 0.05) is 24.8 Å². The van der Waals surface area contributed by atoms with Crippen LogP contribution in [-0.2, 0) is 4.79 Å². The van der Waals surface area contributed by atoms with Crippen molar-refractivity contribution in [2.75, 3.05) is 25.0 Å². The second kappa shape index (κ2) is 7.25. The summed E-state index contributed by atoms with van der Waals surface area (Å²) in [5.74, 6) is 1.36. The lowest BCUT2D eigenvalue weighted by Gasteiger charge is -2.29. The lowest BCUT2D eigenvalue weighted by Crippen LogP contribution is -2.38. The van der Waals surface area contributed by atoms with Gasteiger partial charge in [0.2, 0.25) is 5.91 Å². The van der Waals surface area contributed by atoms with Crippen molar-refractivity contribution in [2.24, 2.45) is 17.6 Å². The molecule has 21 heavy (non-hydrogen) atoms. The molecule has 1 aliphatic heterocycles. The van der Waals surface area contributed by atoms with E-state index >= 15 is 0 Å². The molecule has 3 atom stereocenters. The van der Waals surface area contributed by atoms with Crippen LogP contribution >= 0.6 is 12.4 Å². The number of hydrogen-bond donors (Lipinski definition) is 2. The Bertz CT molecular complexity index is 468. The highest BCUT2D eigenvalue weighted by Crippen LogP contribution is 2.35. The first-order chi connectivity index (χ1) is 9.72. The van der Waals surface area contributed by atoms with Crippen LogP contribution in [0.5, 0.6) is 0 Å². The molecule has 3 N–H and O–H groups in total. The molecule has 116 valence electrons. The molecule has 3 unspecified atom stereocenters. The minimum atomic E-state index is 0. The molecule has 1 saturated heterocycles. The number of nitrogens with one attached hydrogen (secondary N) is 1. The number of halogens is 1. The molecule has 1 heterocycles. The van der Waals surface area contributed by atoms with Crippen LogP contribution in [0.2, 0.25) is 0 Å². The lowest BCUT2D eigenvalue weighted by molar-refractivity contribution is -0.117. The van der Waals surface area contributed by atoms with Gasteiger partial charge in [-0.3, -0.25) is 9.69 Å². The molecule has 1 aliphatic carbocycles. The van der Waals surface area contributed by atoms with Crippen molar-refractivity contribution in [1.82, 2.24) is 4.90 Å². The van der Waals surface area contributed by atoms with E-state index in [9.17, 15) is 4.79 Å². The number of anilines is 1. The lowest BCUT2D eigenvalue weighted by atomic mass is 9.78. The average molecular weight is 310 g/mol. The van der Waals surface area contributed by atoms with E-state index in [0.717, 1.165) is 25.2 Å². The van der Waals surface area contributed by atoms with Gasteiger partial charge in [0.15, 0.2) is 0 Å². The number of hydrogen-bond acceptors (Lipinski definition) is 3. The fourth-order valence-corrected chi connectivity index (χ4v) is 3.66. The van der Waals surface area contributed by atoms with Crippen LogP contribution in [0.4, 0.5) is 5.69 Å². The van der Waals surface area contributed by atoms with Gasteiger partial charge < -0.3 is 11.1 Å². The highest BCUT2D eigenvalue weighted by atomic mass is 35.5. The second-order valence-electron chi connectivity index (χ2n) is 6.13. The van der Waals surface area contributed by atoms with E-state index in [1.165, 1.54) is 12.8 Å². The number of carbonyl (C=O) groups is 1. The smallest absolute Gasteiger partial charge is 0.238 e. The van der Waals surface area contributed by atoms with Gasteiger partial charge in [0.05, 0.1) is 6.54 Å². The Kier molecular flexibility index (Phi) is 5.62. The van der Waals surface area contributed by atoms with E-state index in [1.807, 2.05) is 30.3 Å². The van der Waals surface area contributed by atoms with Gasteiger partial charge in [0.25, 0.3) is 0 Å². The SMILES string of the molecule is Cl.NC1CCCC2CN(CC(=O)Nc3ccccc3)CC12. The standard InChI is InChI=1S/C16H23N3O.ClH/c17-15-8-4-5-12-9-19(10-14(12)15)11-16(20)18-13-6-2-1-3-7-13;/h1-3,6-7,12,14-15H,4-5,8-11,17H2,(H,18,20);1H. The van der Waals surface area contributed by atoms with Crippen molar-refractivity contribution in [1.29, 1.82) is 0 Å². The summed E-state index contributed by atoms with van der Waals surface area (Å²) in [6.45, 7) is 2.49. The fraction of sp³-hybridized carbons (Fsp3) is 0.562. The molecule has 0 aromatic heterocycles. The van der Waals surface area contributed by atoms with Crippen molar-refractivity contribution in [3.8, 4) is 0 Å². The van der Waals surface area contributed by atoms with Crippen molar-refractivity contribution in [2.45, 2.75) is 25.3 Å². The number of amides is 1. The zero-order chi connectivity index (χ0) is 13.9. The molecule has 3 rings (SSSR count). The number of fused-ring (bicyclic) bond motifs is 1. The number of likely N-dealkylation sites (tertiary alicyclic amines) is 1. The van der Waals surface area contributed by atoms with E-state index in [4.69, 9.17) is 5.73 Å². The topological polar surface area (TPSA) is 58.4 Å². The third kappa shape index (κ3) is 3.96. The van der Waals surface area contributed by atoms with Crippen molar-refractivity contribution in [3.63, 3.8) is 0 Å². The fourth-order valence-electron chi connectivity index (χ4n) is 3.66. The maximum absolute atomic E-state index is 12.1. The molecule has 4 nitrogen and oxygen atoms in total. The van der Waals surface area contributed by atoms with E-state index in [0.29, 0.717) is 24.4 Å². The Labute approximate surface area is 132 Å². The van der Waals surface area contributed by atoms with Crippen LogP contribution < -0.4 is 11.1 Å². The molecule has 0 bridgehead atoms. The minimum absolute atomic E-state index is 0. The number of nitrogens with zero attached hydrogens (tertiary/aromatic N) is 1. The minimum Gasteiger partial charge on any atom is -0.327 e. The highest BCUT2D eigenvalue weighted by Gasteiger charge is 2.38. The van der Waals surface area contributed by atoms with Gasteiger partial charge in [0.1, 0.15) is 0 Å². The Balaban J connectivity index is 0.00000161. The molecule has 2 fully saturated rings. The average Bonchev–Trinajstić information content (AvgIpc) is 2.83. The summed E-state index contributed by atoms with van der Waals surface area (Å²) in [6.07, 6.45) is 3.66. The van der Waals surface area contributed by atoms with Crippen molar-refractivity contribution in [3.05, 3.63) is 30.3 Å². The van der Waals surface area contributed by atoms with Crippen LogP contribution in [0.15, 0.2) is 30.3 Å². The zero-order valence-corrected chi connectivity index (χ0v) is 13.0. The number of carbonyl (C=O) groups excluding carboxylic acids is 1. The van der Waals surface area contributed by atoms with Gasteiger partial charge in [-0.25, -0.2) is 0 Å². The largest absolute Gasteiger partial charge is 0.327 e. The molecule has 1 aromatic rings. The number of nitrogens with two attached hydrogens (primary N) is 1. The van der Waals surface area contributed by atoms with E-state index < -0.39 is 0 Å². The summed E-state index contributed by atoms with van der Waals surface area (Å²) in [5, 5.41) is 2.95. The first kappa shape index (κ1) is 16.3. The van der Waals surface area contributed by atoms with Crippen LogP contribution in [0.1, 0.15) is 19.3 Å². The Morgan fingerprint density at radius 2 is 2.00 bits per heavy atom. The summed E-state index contributed by atoms with van der Waals surface area (Å²) in [4.78, 5) is 14.3. The monoisotopic (exact) mass is 309 g/mol. The number of rotatable bonds is 3. The maximum atomic E-state index is 12.1. The first-order valence-electron chi connectivity index (χ1n) is 7.55. The van der Waals surface area contributed by atoms with Gasteiger partial charge in [-0.15, -0.1) is 12.4 Å². The molecule has 1 aromatic carbocycles. The molecule has 1 saturated carbocycles. The summed E-state index contributed by atoms with van der Waals surface area (Å²) < 4.78 is 0. The second-order valence-corrected chi connectivity index (χ2v) is 6.13. The van der Waals surface area contributed by atoms with E-state index in [-0.39, 0.29) is 18.3 Å². The van der Waals surface area contributed by atoms with Crippen LogP contribution in [0, 0.1) is 11.8 Å². The molecular weight excluding hydrogens is 286 g/mol. The Hall–Kier alpha value is -1.10. The van der Waals surface area contributed by atoms with Gasteiger partial charge in [-0.1, -0.05) is 24.6 Å². The van der Waals surface area contributed by atoms with Crippen LogP contribution in [0.25, 0.3) is 0 Å².